The number of hydrogen-bond donors (Lipinski definition) is 1. The van der Waals surface area contributed by atoms with Crippen LogP contribution in [0.1, 0.15) is 5.56 Å². The summed E-state index contributed by atoms with van der Waals surface area (Å²) >= 11 is 6.32. The summed E-state index contributed by atoms with van der Waals surface area (Å²) in [6.07, 6.45) is 0. The van der Waals surface area contributed by atoms with Crippen molar-refractivity contribution in [1.82, 2.24) is 28.7 Å². The largest absolute Gasteiger partial charge is 0.329 e. The van der Waals surface area contributed by atoms with E-state index in [9.17, 15) is 14.0 Å². The summed E-state index contributed by atoms with van der Waals surface area (Å²) in [5, 5.41) is 9.04. The van der Waals surface area contributed by atoms with E-state index in [1.54, 1.807) is 34.2 Å². The molecule has 0 saturated heterocycles. The molecule has 0 radical (unpaired) electrons. The Labute approximate surface area is 172 Å². The number of halogens is 2. The van der Waals surface area contributed by atoms with E-state index in [4.69, 9.17) is 11.6 Å². The van der Waals surface area contributed by atoms with E-state index in [0.717, 1.165) is 5.56 Å². The Kier molecular flexibility index (Phi) is 4.07. The van der Waals surface area contributed by atoms with E-state index in [0.29, 0.717) is 27.8 Å². The normalized spacial score (nSPS) is 11.6. The maximum atomic E-state index is 13.4. The first-order chi connectivity index (χ1) is 14.5. The van der Waals surface area contributed by atoms with Crippen LogP contribution in [0.3, 0.4) is 0 Å². The molecule has 0 amide bonds. The van der Waals surface area contributed by atoms with Gasteiger partial charge in [-0.1, -0.05) is 29.8 Å². The molecule has 5 aromatic rings. The van der Waals surface area contributed by atoms with Gasteiger partial charge in [-0.25, -0.2) is 13.6 Å². The average molecular weight is 425 g/mol. The van der Waals surface area contributed by atoms with Crippen LogP contribution in [0.2, 0.25) is 5.02 Å². The first-order valence-electron chi connectivity index (χ1n) is 9.01. The molecule has 0 fully saturated rings. The van der Waals surface area contributed by atoms with Crippen molar-refractivity contribution in [3.8, 4) is 11.4 Å². The number of H-pyrrole nitrogens is 1. The minimum atomic E-state index is -0.567. The van der Waals surface area contributed by atoms with Crippen LogP contribution in [-0.2, 0) is 13.6 Å². The standard InChI is InChI=1S/C20H14ClFN6O2/c1-26-18-15(17(29)23-20(26)30)27(10-12-4-2-3-5-14(12)21)19-25-24-16(28(18)19)11-6-8-13(22)9-7-11/h2-9H,10H2,1H3,(H,23,29,30). The highest BCUT2D eigenvalue weighted by molar-refractivity contribution is 6.31. The van der Waals surface area contributed by atoms with E-state index in [-0.39, 0.29) is 17.9 Å². The number of fused-ring (bicyclic) bond motifs is 3. The lowest BCUT2D eigenvalue weighted by molar-refractivity contribution is 0.628. The van der Waals surface area contributed by atoms with Gasteiger partial charge in [-0.3, -0.25) is 18.9 Å². The number of benzene rings is 2. The third-order valence-electron chi connectivity index (χ3n) is 5.03. The summed E-state index contributed by atoms with van der Waals surface area (Å²) in [7, 11) is 1.55. The van der Waals surface area contributed by atoms with Crippen molar-refractivity contribution in [2.45, 2.75) is 6.54 Å². The molecule has 0 aliphatic rings. The second kappa shape index (κ2) is 6.67. The third-order valence-corrected chi connectivity index (χ3v) is 5.40. The maximum absolute atomic E-state index is 13.4. The lowest BCUT2D eigenvalue weighted by atomic mass is 10.2. The number of aromatic nitrogens is 6. The van der Waals surface area contributed by atoms with Crippen molar-refractivity contribution in [1.29, 1.82) is 0 Å². The molecule has 0 unspecified atom stereocenters. The van der Waals surface area contributed by atoms with Gasteiger partial charge in [-0.2, -0.15) is 0 Å². The zero-order chi connectivity index (χ0) is 21.0. The predicted molar refractivity (Wildman–Crippen MR) is 110 cm³/mol. The number of nitrogens with zero attached hydrogens (tertiary/aromatic N) is 5. The fraction of sp³-hybridized carbons (Fsp3) is 0.100. The number of aromatic amines is 1. The Hall–Kier alpha value is -3.72. The van der Waals surface area contributed by atoms with Gasteiger partial charge in [0.1, 0.15) is 5.82 Å². The van der Waals surface area contributed by atoms with Gasteiger partial charge in [-0.15, -0.1) is 10.2 Å². The van der Waals surface area contributed by atoms with Crippen molar-refractivity contribution in [3.63, 3.8) is 0 Å². The Balaban J connectivity index is 1.89. The van der Waals surface area contributed by atoms with Crippen molar-refractivity contribution in [2.75, 3.05) is 0 Å². The van der Waals surface area contributed by atoms with E-state index >= 15 is 0 Å². The zero-order valence-electron chi connectivity index (χ0n) is 15.6. The molecule has 5 rings (SSSR count). The van der Waals surface area contributed by atoms with Crippen LogP contribution in [0.5, 0.6) is 0 Å². The Morgan fingerprint density at radius 2 is 1.80 bits per heavy atom. The minimum Gasteiger partial charge on any atom is -0.298 e. The Bertz CT molecular complexity index is 1540. The molecular formula is C20H14ClFN6O2. The summed E-state index contributed by atoms with van der Waals surface area (Å²) in [6, 6.07) is 13.0. The number of rotatable bonds is 3. The number of hydrogen-bond acceptors (Lipinski definition) is 4. The van der Waals surface area contributed by atoms with Gasteiger partial charge in [0.15, 0.2) is 17.0 Å². The molecule has 0 saturated carbocycles. The number of aryl methyl sites for hydroxylation is 1. The molecule has 3 aromatic heterocycles. The molecule has 0 aliphatic heterocycles. The molecule has 0 atom stereocenters. The Morgan fingerprint density at radius 1 is 1.07 bits per heavy atom. The van der Waals surface area contributed by atoms with Crippen molar-refractivity contribution in [3.05, 3.63) is 85.8 Å². The average Bonchev–Trinajstić information content (AvgIpc) is 3.28. The van der Waals surface area contributed by atoms with E-state index in [2.05, 4.69) is 15.2 Å². The predicted octanol–water partition coefficient (Wildman–Crippen LogP) is 2.58. The molecular weight excluding hydrogens is 411 g/mol. The highest BCUT2D eigenvalue weighted by Crippen LogP contribution is 2.26. The molecule has 0 aliphatic carbocycles. The van der Waals surface area contributed by atoms with Crippen LogP contribution in [0.25, 0.3) is 28.3 Å². The highest BCUT2D eigenvalue weighted by atomic mass is 35.5. The van der Waals surface area contributed by atoms with E-state index < -0.39 is 11.2 Å². The molecule has 2 aromatic carbocycles. The topological polar surface area (TPSA) is 90.0 Å². The third kappa shape index (κ3) is 2.66. The first kappa shape index (κ1) is 18.3. The van der Waals surface area contributed by atoms with E-state index in [1.165, 1.54) is 16.7 Å². The zero-order valence-corrected chi connectivity index (χ0v) is 16.4. The van der Waals surface area contributed by atoms with Crippen LogP contribution >= 0.6 is 11.6 Å². The summed E-state index contributed by atoms with van der Waals surface area (Å²) in [5.74, 6) is 0.356. The summed E-state index contributed by atoms with van der Waals surface area (Å²) < 4.78 is 18.0. The van der Waals surface area contributed by atoms with Crippen LogP contribution in [0.15, 0.2) is 58.1 Å². The molecule has 30 heavy (non-hydrogen) atoms. The van der Waals surface area contributed by atoms with Gasteiger partial charge in [0.25, 0.3) is 5.56 Å². The van der Waals surface area contributed by atoms with Gasteiger partial charge >= 0.3 is 5.69 Å². The smallest absolute Gasteiger partial charge is 0.298 e. The molecule has 0 bridgehead atoms. The number of nitrogens with one attached hydrogen (secondary N) is 1. The van der Waals surface area contributed by atoms with Crippen LogP contribution < -0.4 is 11.2 Å². The molecule has 10 heteroatoms. The summed E-state index contributed by atoms with van der Waals surface area (Å²) in [4.78, 5) is 27.4. The summed E-state index contributed by atoms with van der Waals surface area (Å²) in [5.41, 5.74) is 0.839. The Morgan fingerprint density at radius 3 is 2.53 bits per heavy atom. The van der Waals surface area contributed by atoms with Gasteiger partial charge in [0.05, 0.1) is 6.54 Å². The van der Waals surface area contributed by atoms with Crippen LogP contribution in [0, 0.1) is 5.82 Å². The van der Waals surface area contributed by atoms with Gasteiger partial charge in [-0.05, 0) is 35.9 Å². The monoisotopic (exact) mass is 424 g/mol. The van der Waals surface area contributed by atoms with Gasteiger partial charge in [0.2, 0.25) is 5.78 Å². The lowest BCUT2D eigenvalue weighted by Crippen LogP contribution is -2.29. The molecule has 150 valence electrons. The second-order valence-electron chi connectivity index (χ2n) is 6.83. The minimum absolute atomic E-state index is 0.246. The van der Waals surface area contributed by atoms with Crippen molar-refractivity contribution in [2.24, 2.45) is 7.05 Å². The molecule has 8 nitrogen and oxygen atoms in total. The fourth-order valence-electron chi connectivity index (χ4n) is 3.57. The SMILES string of the molecule is Cn1c(=O)[nH]c(=O)c2c1n1c(-c3ccc(F)cc3)nnc1n2Cc1ccccc1Cl. The molecule has 1 N–H and O–H groups in total. The summed E-state index contributed by atoms with van der Waals surface area (Å²) in [6.45, 7) is 0.246. The maximum Gasteiger partial charge on any atom is 0.329 e. The second-order valence-corrected chi connectivity index (χ2v) is 7.24. The van der Waals surface area contributed by atoms with Crippen LogP contribution in [0.4, 0.5) is 4.39 Å². The van der Waals surface area contributed by atoms with Gasteiger partial charge < -0.3 is 0 Å². The molecule has 0 spiro atoms. The first-order valence-corrected chi connectivity index (χ1v) is 9.39. The fourth-order valence-corrected chi connectivity index (χ4v) is 3.77. The number of imidazole rings is 1. The van der Waals surface area contributed by atoms with Crippen molar-refractivity contribution < 1.29 is 4.39 Å². The quantitative estimate of drug-likeness (QED) is 0.482. The van der Waals surface area contributed by atoms with E-state index in [1.807, 2.05) is 18.2 Å². The lowest BCUT2D eigenvalue weighted by Gasteiger charge is -2.06. The van der Waals surface area contributed by atoms with Crippen molar-refractivity contribution >= 4 is 28.5 Å². The molecule has 3 heterocycles. The van der Waals surface area contributed by atoms with Gasteiger partial charge in [0, 0.05) is 17.6 Å². The van der Waals surface area contributed by atoms with Crippen LogP contribution in [-0.4, -0.2) is 28.7 Å². The highest BCUT2D eigenvalue weighted by Gasteiger charge is 2.23.